The van der Waals surface area contributed by atoms with Crippen molar-refractivity contribution in [2.75, 3.05) is 5.01 Å². The summed E-state index contributed by atoms with van der Waals surface area (Å²) in [7, 11) is 0. The molecule has 0 saturated heterocycles. The van der Waals surface area contributed by atoms with Gasteiger partial charge in [-0.2, -0.15) is 10.1 Å². The van der Waals surface area contributed by atoms with Crippen molar-refractivity contribution in [3.63, 3.8) is 0 Å². The lowest BCUT2D eigenvalue weighted by Gasteiger charge is -2.08. The molecule has 2 heterocycles. The highest BCUT2D eigenvalue weighted by Crippen LogP contribution is 2.18. The fraction of sp³-hybridized carbons (Fsp3) is 0.364. The first-order valence-corrected chi connectivity index (χ1v) is 5.11. The van der Waals surface area contributed by atoms with Crippen molar-refractivity contribution in [2.24, 2.45) is 5.10 Å². The third-order valence-corrected chi connectivity index (χ3v) is 2.24. The summed E-state index contributed by atoms with van der Waals surface area (Å²) in [5.41, 5.74) is 0.952. The fourth-order valence-electron chi connectivity index (χ4n) is 1.57. The van der Waals surface area contributed by atoms with Gasteiger partial charge in [0, 0.05) is 11.9 Å². The van der Waals surface area contributed by atoms with Crippen LogP contribution in [0.2, 0.25) is 0 Å². The minimum atomic E-state index is 0.0113. The van der Waals surface area contributed by atoms with Crippen molar-refractivity contribution < 1.29 is 4.79 Å². The first kappa shape index (κ1) is 9.83. The molecule has 1 aliphatic heterocycles. The summed E-state index contributed by atoms with van der Waals surface area (Å²) >= 11 is 0. The molecule has 15 heavy (non-hydrogen) atoms. The molecule has 0 unspecified atom stereocenters. The molecule has 0 atom stereocenters. The van der Waals surface area contributed by atoms with Crippen LogP contribution in [0.25, 0.3) is 0 Å². The summed E-state index contributed by atoms with van der Waals surface area (Å²) in [5, 5.41) is 5.66. The Labute approximate surface area is 88.6 Å². The van der Waals surface area contributed by atoms with E-state index in [9.17, 15) is 4.79 Å². The molecule has 0 N–H and O–H groups in total. The maximum atomic E-state index is 11.6. The second kappa shape index (κ2) is 4.21. The van der Waals surface area contributed by atoms with E-state index in [0.717, 1.165) is 18.6 Å². The minimum Gasteiger partial charge on any atom is -0.272 e. The van der Waals surface area contributed by atoms with Crippen LogP contribution in [0.3, 0.4) is 0 Å². The van der Waals surface area contributed by atoms with E-state index in [1.54, 1.807) is 12.3 Å². The molecule has 0 saturated carbocycles. The Morgan fingerprint density at radius 2 is 2.33 bits per heavy atom. The quantitative estimate of drug-likeness (QED) is 0.754. The minimum absolute atomic E-state index is 0.0113. The SMILES string of the molecule is CCCC1=NN(c2ccccn2)C(=O)C1. The maximum Gasteiger partial charge on any atom is 0.254 e. The van der Waals surface area contributed by atoms with Crippen molar-refractivity contribution in [3.05, 3.63) is 24.4 Å². The number of aromatic nitrogens is 1. The van der Waals surface area contributed by atoms with Crippen LogP contribution in [0.5, 0.6) is 0 Å². The summed E-state index contributed by atoms with van der Waals surface area (Å²) in [6, 6.07) is 5.46. The number of carbonyl (C=O) groups excluding carboxylic acids is 1. The van der Waals surface area contributed by atoms with Crippen LogP contribution < -0.4 is 5.01 Å². The average Bonchev–Trinajstić information content (AvgIpc) is 2.61. The predicted octanol–water partition coefficient (Wildman–Crippen LogP) is 1.97. The van der Waals surface area contributed by atoms with Crippen molar-refractivity contribution in [1.29, 1.82) is 0 Å². The van der Waals surface area contributed by atoms with Gasteiger partial charge in [0.1, 0.15) is 0 Å². The van der Waals surface area contributed by atoms with Gasteiger partial charge in [-0.05, 0) is 18.6 Å². The van der Waals surface area contributed by atoms with Crippen LogP contribution in [0.1, 0.15) is 26.2 Å². The Morgan fingerprint density at radius 3 is 3.00 bits per heavy atom. The van der Waals surface area contributed by atoms with E-state index in [2.05, 4.69) is 17.0 Å². The van der Waals surface area contributed by atoms with E-state index in [4.69, 9.17) is 0 Å². The molecule has 1 aromatic heterocycles. The highest BCUT2D eigenvalue weighted by atomic mass is 16.2. The molecular weight excluding hydrogens is 190 g/mol. The van der Waals surface area contributed by atoms with Crippen molar-refractivity contribution >= 4 is 17.4 Å². The number of rotatable bonds is 3. The van der Waals surface area contributed by atoms with E-state index in [-0.39, 0.29) is 5.91 Å². The summed E-state index contributed by atoms with van der Waals surface area (Å²) in [6.07, 6.45) is 4.00. The standard InChI is InChI=1S/C11H13N3O/c1-2-5-9-8-11(15)14(13-9)10-6-3-4-7-12-10/h3-4,6-7H,2,5,8H2,1H3. The molecule has 4 nitrogen and oxygen atoms in total. The van der Waals surface area contributed by atoms with Crippen molar-refractivity contribution in [1.82, 2.24) is 4.98 Å². The van der Waals surface area contributed by atoms with Crippen LogP contribution >= 0.6 is 0 Å². The topological polar surface area (TPSA) is 45.6 Å². The van der Waals surface area contributed by atoms with Gasteiger partial charge in [-0.15, -0.1) is 0 Å². The molecule has 1 aromatic rings. The zero-order chi connectivity index (χ0) is 10.7. The van der Waals surface area contributed by atoms with Gasteiger partial charge in [0.05, 0.1) is 6.42 Å². The van der Waals surface area contributed by atoms with E-state index < -0.39 is 0 Å². The van der Waals surface area contributed by atoms with Gasteiger partial charge in [-0.3, -0.25) is 4.79 Å². The Balaban J connectivity index is 2.20. The Bertz CT molecular complexity index is 386. The van der Waals surface area contributed by atoms with Gasteiger partial charge < -0.3 is 0 Å². The Morgan fingerprint density at radius 1 is 1.47 bits per heavy atom. The molecule has 0 aliphatic carbocycles. The van der Waals surface area contributed by atoms with Gasteiger partial charge in [0.25, 0.3) is 5.91 Å². The number of pyridine rings is 1. The normalized spacial score (nSPS) is 15.7. The number of carbonyl (C=O) groups is 1. The van der Waals surface area contributed by atoms with E-state index in [1.807, 2.05) is 12.1 Å². The molecule has 0 fully saturated rings. The van der Waals surface area contributed by atoms with Gasteiger partial charge >= 0.3 is 0 Å². The second-order valence-corrected chi connectivity index (χ2v) is 3.49. The highest BCUT2D eigenvalue weighted by Gasteiger charge is 2.24. The zero-order valence-corrected chi connectivity index (χ0v) is 8.68. The number of hydrogen-bond donors (Lipinski definition) is 0. The van der Waals surface area contributed by atoms with Crippen LogP contribution in [0.15, 0.2) is 29.5 Å². The molecule has 2 rings (SSSR count). The molecule has 4 heteroatoms. The maximum absolute atomic E-state index is 11.6. The third kappa shape index (κ3) is 2.03. The number of hydrogen-bond acceptors (Lipinski definition) is 3. The molecule has 1 amide bonds. The lowest BCUT2D eigenvalue weighted by molar-refractivity contribution is -0.116. The largest absolute Gasteiger partial charge is 0.272 e. The van der Waals surface area contributed by atoms with Gasteiger partial charge in [0.15, 0.2) is 5.82 Å². The van der Waals surface area contributed by atoms with Crippen LogP contribution in [-0.4, -0.2) is 16.6 Å². The molecular formula is C11H13N3O. The Kier molecular flexibility index (Phi) is 2.76. The lowest BCUT2D eigenvalue weighted by Crippen LogP contribution is -2.20. The fourth-order valence-corrected chi connectivity index (χ4v) is 1.57. The molecule has 1 aliphatic rings. The van der Waals surface area contributed by atoms with Gasteiger partial charge in [-0.1, -0.05) is 19.4 Å². The van der Waals surface area contributed by atoms with E-state index >= 15 is 0 Å². The molecule has 0 radical (unpaired) electrons. The van der Waals surface area contributed by atoms with Crippen LogP contribution in [0, 0.1) is 0 Å². The van der Waals surface area contributed by atoms with Crippen LogP contribution in [0.4, 0.5) is 5.82 Å². The Hall–Kier alpha value is -1.71. The van der Waals surface area contributed by atoms with Gasteiger partial charge in [-0.25, -0.2) is 4.98 Å². The summed E-state index contributed by atoms with van der Waals surface area (Å²) in [6.45, 7) is 2.08. The number of anilines is 1. The first-order valence-electron chi connectivity index (χ1n) is 5.11. The number of amides is 1. The number of nitrogens with zero attached hydrogens (tertiary/aromatic N) is 3. The zero-order valence-electron chi connectivity index (χ0n) is 8.68. The molecule has 0 bridgehead atoms. The monoisotopic (exact) mass is 203 g/mol. The number of hydrazone groups is 1. The van der Waals surface area contributed by atoms with Crippen molar-refractivity contribution in [2.45, 2.75) is 26.2 Å². The summed E-state index contributed by atoms with van der Waals surface area (Å²) in [5.74, 6) is 0.616. The predicted molar refractivity (Wildman–Crippen MR) is 58.7 cm³/mol. The molecule has 0 spiro atoms. The van der Waals surface area contributed by atoms with Crippen LogP contribution in [-0.2, 0) is 4.79 Å². The van der Waals surface area contributed by atoms with E-state index in [0.29, 0.717) is 12.2 Å². The summed E-state index contributed by atoms with van der Waals surface area (Å²) < 4.78 is 0. The molecule has 78 valence electrons. The first-order chi connectivity index (χ1) is 7.31. The summed E-state index contributed by atoms with van der Waals surface area (Å²) in [4.78, 5) is 15.7. The average molecular weight is 203 g/mol. The lowest BCUT2D eigenvalue weighted by atomic mass is 10.2. The third-order valence-electron chi connectivity index (χ3n) is 2.24. The molecule has 0 aromatic carbocycles. The van der Waals surface area contributed by atoms with Gasteiger partial charge in [0.2, 0.25) is 0 Å². The van der Waals surface area contributed by atoms with E-state index in [1.165, 1.54) is 5.01 Å². The smallest absolute Gasteiger partial charge is 0.254 e. The van der Waals surface area contributed by atoms with Crippen molar-refractivity contribution in [3.8, 4) is 0 Å². The second-order valence-electron chi connectivity index (χ2n) is 3.49. The highest BCUT2D eigenvalue weighted by molar-refractivity contribution is 6.12.